The zero-order valence-electron chi connectivity index (χ0n) is 20.8. The summed E-state index contributed by atoms with van der Waals surface area (Å²) in [5.74, 6) is -2.89. The van der Waals surface area contributed by atoms with Crippen molar-refractivity contribution < 1.29 is 63.9 Å². The first-order valence-corrected chi connectivity index (χ1v) is 11.8. The van der Waals surface area contributed by atoms with Gasteiger partial charge in [0.2, 0.25) is 6.29 Å². The minimum Gasteiger partial charge on any atom is -0.504 e. The van der Waals surface area contributed by atoms with Gasteiger partial charge in [-0.2, -0.15) is 0 Å². The molecule has 210 valence electrons. The first-order chi connectivity index (χ1) is 18.1. The van der Waals surface area contributed by atoms with Crippen molar-refractivity contribution in [1.29, 1.82) is 0 Å². The number of phenols is 2. The number of carbonyl (C=O) groups is 2. The lowest BCUT2D eigenvalue weighted by atomic mass is 9.86. The topological polar surface area (TPSA) is 202 Å². The van der Waals surface area contributed by atoms with Gasteiger partial charge in [0.1, 0.15) is 24.4 Å². The summed E-state index contributed by atoms with van der Waals surface area (Å²) in [4.78, 5) is 25.1. The van der Waals surface area contributed by atoms with Gasteiger partial charge < -0.3 is 54.3 Å². The summed E-state index contributed by atoms with van der Waals surface area (Å²) in [6, 6.07) is 4.23. The van der Waals surface area contributed by atoms with Gasteiger partial charge in [0, 0.05) is 17.9 Å². The van der Waals surface area contributed by atoms with Crippen LogP contribution in [0.4, 0.5) is 0 Å². The van der Waals surface area contributed by atoms with Crippen LogP contribution in [0.1, 0.15) is 18.9 Å². The maximum absolute atomic E-state index is 12.7. The Morgan fingerprint density at radius 1 is 1.08 bits per heavy atom. The Balaban J connectivity index is 1.71. The molecule has 1 aromatic carbocycles. The maximum Gasteiger partial charge on any atom is 0.337 e. The highest BCUT2D eigenvalue weighted by Crippen LogP contribution is 2.36. The Morgan fingerprint density at radius 3 is 2.45 bits per heavy atom. The number of aromatic hydroxyl groups is 2. The van der Waals surface area contributed by atoms with Gasteiger partial charge in [-0.1, -0.05) is 12.1 Å². The summed E-state index contributed by atoms with van der Waals surface area (Å²) in [5, 5.41) is 58.8. The fourth-order valence-corrected chi connectivity index (χ4v) is 4.16. The number of esters is 2. The van der Waals surface area contributed by atoms with Crippen molar-refractivity contribution in [2.75, 3.05) is 20.3 Å². The summed E-state index contributed by atoms with van der Waals surface area (Å²) < 4.78 is 26.7. The van der Waals surface area contributed by atoms with Crippen LogP contribution in [0.15, 0.2) is 41.7 Å². The number of phenolic OH excluding ortho intramolecular Hbond substituents is 2. The van der Waals surface area contributed by atoms with Gasteiger partial charge >= 0.3 is 11.9 Å². The van der Waals surface area contributed by atoms with Gasteiger partial charge in [0.05, 0.1) is 38.6 Å². The molecule has 3 rings (SSSR count). The average molecular weight is 541 g/mol. The summed E-state index contributed by atoms with van der Waals surface area (Å²) in [5.41, 5.74) is 0.927. The molecule has 2 aliphatic rings. The van der Waals surface area contributed by atoms with Crippen LogP contribution in [0.3, 0.4) is 0 Å². The molecule has 0 amide bonds. The van der Waals surface area contributed by atoms with Crippen LogP contribution in [0.2, 0.25) is 0 Å². The molecule has 0 bridgehead atoms. The molecule has 2 aliphatic heterocycles. The molecule has 0 aromatic heterocycles. The normalized spacial score (nSPS) is 30.3. The zero-order chi connectivity index (χ0) is 28.0. The minimum absolute atomic E-state index is 0.00894. The summed E-state index contributed by atoms with van der Waals surface area (Å²) in [6.45, 7) is 0.912. The standard InChI is InChI=1S/C25H32O13/c1-3-13-14(9-19(29)35-7-6-12-4-5-16(27)17(28)8-12)15(23(33)34-2)11-36-24(13)38-25-22(32)21(31)20(30)18(10-26)37-25/h3-5,8,11,14,18,20-22,24-28,30-32H,6-7,9-10H2,1-2H3/b13-3-/t14-,18?,20+,21+,22?,24-,25-/m0/s1. The number of hydrogen-bond acceptors (Lipinski definition) is 13. The van der Waals surface area contributed by atoms with Crippen LogP contribution < -0.4 is 0 Å². The predicted molar refractivity (Wildman–Crippen MR) is 126 cm³/mol. The van der Waals surface area contributed by atoms with E-state index < -0.39 is 61.5 Å². The third-order valence-electron chi connectivity index (χ3n) is 6.29. The van der Waals surface area contributed by atoms with Gasteiger partial charge in [-0.15, -0.1) is 0 Å². The van der Waals surface area contributed by atoms with E-state index in [1.54, 1.807) is 19.1 Å². The van der Waals surface area contributed by atoms with Crippen LogP contribution in [-0.2, 0) is 39.7 Å². The molecule has 1 saturated heterocycles. The van der Waals surface area contributed by atoms with Crippen molar-refractivity contribution in [2.24, 2.45) is 5.92 Å². The van der Waals surface area contributed by atoms with Gasteiger partial charge in [0.15, 0.2) is 17.8 Å². The van der Waals surface area contributed by atoms with Crippen LogP contribution in [0.25, 0.3) is 0 Å². The number of benzene rings is 1. The molecule has 0 aliphatic carbocycles. The molecule has 38 heavy (non-hydrogen) atoms. The van der Waals surface area contributed by atoms with Crippen molar-refractivity contribution in [3.63, 3.8) is 0 Å². The van der Waals surface area contributed by atoms with E-state index >= 15 is 0 Å². The van der Waals surface area contributed by atoms with E-state index in [1.165, 1.54) is 12.1 Å². The number of allylic oxidation sites excluding steroid dienone is 1. The van der Waals surface area contributed by atoms with Crippen molar-refractivity contribution in [3.8, 4) is 11.5 Å². The van der Waals surface area contributed by atoms with Gasteiger partial charge in [-0.25, -0.2) is 4.79 Å². The number of aliphatic hydroxyl groups is 4. The fourth-order valence-electron chi connectivity index (χ4n) is 4.16. The monoisotopic (exact) mass is 540 g/mol. The van der Waals surface area contributed by atoms with Crippen LogP contribution >= 0.6 is 0 Å². The Hall–Kier alpha value is -3.20. The number of aliphatic hydroxyl groups excluding tert-OH is 4. The highest BCUT2D eigenvalue weighted by Gasteiger charge is 2.46. The smallest absolute Gasteiger partial charge is 0.337 e. The summed E-state index contributed by atoms with van der Waals surface area (Å²) >= 11 is 0. The lowest BCUT2D eigenvalue weighted by Crippen LogP contribution is -2.60. The number of rotatable bonds is 9. The Kier molecular flexibility index (Phi) is 10.1. The molecule has 2 unspecified atom stereocenters. The maximum atomic E-state index is 12.7. The van der Waals surface area contributed by atoms with Gasteiger partial charge in [0.25, 0.3) is 0 Å². The number of methoxy groups -OCH3 is 1. The third kappa shape index (κ3) is 6.62. The lowest BCUT2D eigenvalue weighted by molar-refractivity contribution is -0.327. The highest BCUT2D eigenvalue weighted by atomic mass is 16.8. The van der Waals surface area contributed by atoms with Gasteiger partial charge in [-0.05, 0) is 24.6 Å². The molecular formula is C25H32O13. The molecule has 1 aromatic rings. The van der Waals surface area contributed by atoms with Crippen LogP contribution in [0.5, 0.6) is 11.5 Å². The van der Waals surface area contributed by atoms with Crippen molar-refractivity contribution >= 4 is 11.9 Å². The quantitative estimate of drug-likeness (QED) is 0.131. The fraction of sp³-hybridized carbons (Fsp3) is 0.520. The average Bonchev–Trinajstić information content (AvgIpc) is 2.90. The Labute approximate surface area is 218 Å². The largest absolute Gasteiger partial charge is 0.504 e. The van der Waals surface area contributed by atoms with E-state index in [4.69, 9.17) is 23.7 Å². The Morgan fingerprint density at radius 2 is 1.82 bits per heavy atom. The van der Waals surface area contributed by atoms with Crippen LogP contribution in [-0.4, -0.2) is 99.9 Å². The second kappa shape index (κ2) is 13.0. The van der Waals surface area contributed by atoms with E-state index in [2.05, 4.69) is 0 Å². The zero-order valence-corrected chi connectivity index (χ0v) is 20.8. The molecule has 1 fully saturated rings. The molecule has 2 heterocycles. The first-order valence-electron chi connectivity index (χ1n) is 11.8. The summed E-state index contributed by atoms with van der Waals surface area (Å²) in [7, 11) is 1.16. The highest BCUT2D eigenvalue weighted by molar-refractivity contribution is 5.90. The Bertz CT molecular complexity index is 1050. The molecule has 6 N–H and O–H groups in total. The molecular weight excluding hydrogens is 508 g/mol. The SMILES string of the molecule is C/C=C1\[C@H](O[C@@H]2OC(CO)[C@@H](O)[C@@H](O)C2O)OC=C(C(=O)OC)[C@H]1CC(=O)OCCc1ccc(O)c(O)c1. The van der Waals surface area contributed by atoms with E-state index in [0.29, 0.717) is 11.1 Å². The number of carbonyl (C=O) groups excluding carboxylic acids is 2. The number of hydrogen-bond donors (Lipinski definition) is 6. The lowest BCUT2D eigenvalue weighted by Gasteiger charge is -2.41. The second-order valence-corrected chi connectivity index (χ2v) is 8.71. The van der Waals surface area contributed by atoms with Crippen molar-refractivity contribution in [1.82, 2.24) is 0 Å². The van der Waals surface area contributed by atoms with Crippen molar-refractivity contribution in [3.05, 3.63) is 47.2 Å². The van der Waals surface area contributed by atoms with E-state index in [1.807, 2.05) is 0 Å². The summed E-state index contributed by atoms with van der Waals surface area (Å²) in [6.07, 6.45) is -6.39. The van der Waals surface area contributed by atoms with Gasteiger partial charge in [-0.3, -0.25) is 4.79 Å². The van der Waals surface area contributed by atoms with E-state index in [0.717, 1.165) is 13.4 Å². The molecule has 13 nitrogen and oxygen atoms in total. The molecule has 0 spiro atoms. The number of ether oxygens (including phenoxy) is 5. The first kappa shape index (κ1) is 29.4. The molecule has 7 atom stereocenters. The molecule has 13 heteroatoms. The predicted octanol–water partition coefficient (Wildman–Crippen LogP) is -0.634. The molecule has 0 saturated carbocycles. The third-order valence-corrected chi connectivity index (χ3v) is 6.29. The minimum atomic E-state index is -1.69. The second-order valence-electron chi connectivity index (χ2n) is 8.71. The van der Waals surface area contributed by atoms with E-state index in [-0.39, 0.29) is 36.5 Å². The van der Waals surface area contributed by atoms with E-state index in [9.17, 15) is 40.2 Å². The van der Waals surface area contributed by atoms with Crippen LogP contribution in [0, 0.1) is 5.92 Å². The molecule has 0 radical (unpaired) electrons. The van der Waals surface area contributed by atoms with Crippen molar-refractivity contribution in [2.45, 2.75) is 56.8 Å².